The van der Waals surface area contributed by atoms with Gasteiger partial charge in [-0.15, -0.1) is 0 Å². The van der Waals surface area contributed by atoms with Gasteiger partial charge in [0, 0.05) is 26.2 Å². The van der Waals surface area contributed by atoms with Crippen LogP contribution < -0.4 is 16.4 Å². The summed E-state index contributed by atoms with van der Waals surface area (Å²) in [4.78, 5) is 25.6. The Morgan fingerprint density at radius 1 is 1.12 bits per heavy atom. The number of amides is 2. The zero-order chi connectivity index (χ0) is 18.9. The normalized spacial score (nSPS) is 12.6. The molecule has 1 atom stereocenters. The molecule has 0 radical (unpaired) electrons. The van der Waals surface area contributed by atoms with Gasteiger partial charge in [0.2, 0.25) is 5.91 Å². The minimum Gasteiger partial charge on any atom is -0.444 e. The predicted molar refractivity (Wildman–Crippen MR) is 98.1 cm³/mol. The third-order valence-corrected chi connectivity index (χ3v) is 3.40. The van der Waals surface area contributed by atoms with Gasteiger partial charge in [0.05, 0.1) is 0 Å². The molecule has 0 aliphatic heterocycles. The van der Waals surface area contributed by atoms with Crippen LogP contribution in [0.3, 0.4) is 0 Å². The first-order chi connectivity index (χ1) is 11.7. The van der Waals surface area contributed by atoms with Crippen molar-refractivity contribution >= 4 is 12.0 Å². The summed E-state index contributed by atoms with van der Waals surface area (Å²) in [6.45, 7) is 7.74. The van der Waals surface area contributed by atoms with E-state index in [2.05, 4.69) is 10.6 Å². The first-order valence-electron chi connectivity index (χ1n) is 8.42. The molecule has 140 valence electrons. The molecule has 1 aromatic carbocycles. The third-order valence-electron chi connectivity index (χ3n) is 3.40. The summed E-state index contributed by atoms with van der Waals surface area (Å²) in [5.41, 5.74) is 6.22. The highest BCUT2D eigenvalue weighted by Gasteiger charge is 2.16. The molecule has 1 unspecified atom stereocenters. The molecule has 0 heterocycles. The van der Waals surface area contributed by atoms with E-state index in [9.17, 15) is 9.59 Å². The number of nitrogens with zero attached hydrogens (tertiary/aromatic N) is 1. The second kappa shape index (κ2) is 10.0. The fourth-order valence-electron chi connectivity index (χ4n) is 2.07. The highest BCUT2D eigenvalue weighted by atomic mass is 16.6. The van der Waals surface area contributed by atoms with Crippen molar-refractivity contribution in [2.75, 3.05) is 33.2 Å². The summed E-state index contributed by atoms with van der Waals surface area (Å²) in [6.07, 6.45) is -0.428. The van der Waals surface area contributed by atoms with E-state index in [1.54, 1.807) is 0 Å². The Hall–Kier alpha value is -2.12. The van der Waals surface area contributed by atoms with E-state index in [-0.39, 0.29) is 5.91 Å². The fraction of sp³-hybridized carbons (Fsp3) is 0.556. The lowest BCUT2D eigenvalue weighted by Crippen LogP contribution is -2.41. The molecule has 0 bridgehead atoms. The van der Waals surface area contributed by atoms with E-state index < -0.39 is 17.7 Å². The SMILES string of the molecule is CN(CCNC(=O)OC(C)(C)C)CCNC(=O)C(N)c1ccccc1. The van der Waals surface area contributed by atoms with Crippen LogP contribution in [0.25, 0.3) is 0 Å². The molecule has 0 fully saturated rings. The van der Waals surface area contributed by atoms with Crippen LogP contribution >= 0.6 is 0 Å². The van der Waals surface area contributed by atoms with Gasteiger partial charge in [-0.2, -0.15) is 0 Å². The Kier molecular flexibility index (Phi) is 8.37. The molecule has 0 aromatic heterocycles. The van der Waals surface area contributed by atoms with Crippen LogP contribution in [0, 0.1) is 0 Å². The standard InChI is InChI=1S/C18H30N4O3/c1-18(2,3)25-17(24)21-11-13-22(4)12-10-20-16(23)15(19)14-8-6-5-7-9-14/h5-9,15H,10-13,19H2,1-4H3,(H,20,23)(H,21,24). The highest BCUT2D eigenvalue weighted by Crippen LogP contribution is 2.09. The van der Waals surface area contributed by atoms with Crippen LogP contribution in [-0.2, 0) is 9.53 Å². The van der Waals surface area contributed by atoms with Gasteiger partial charge < -0.3 is 26.0 Å². The number of nitrogens with one attached hydrogen (secondary N) is 2. The number of hydrogen-bond acceptors (Lipinski definition) is 5. The molecule has 0 saturated heterocycles. The number of rotatable bonds is 8. The first kappa shape index (κ1) is 20.9. The van der Waals surface area contributed by atoms with E-state index in [4.69, 9.17) is 10.5 Å². The summed E-state index contributed by atoms with van der Waals surface area (Å²) in [5, 5.41) is 5.52. The Balaban J connectivity index is 2.19. The van der Waals surface area contributed by atoms with Gasteiger partial charge in [-0.3, -0.25) is 4.79 Å². The van der Waals surface area contributed by atoms with Gasteiger partial charge in [0.1, 0.15) is 11.6 Å². The lowest BCUT2D eigenvalue weighted by atomic mass is 10.1. The average molecular weight is 350 g/mol. The zero-order valence-electron chi connectivity index (χ0n) is 15.5. The van der Waals surface area contributed by atoms with Gasteiger partial charge in [0.25, 0.3) is 0 Å². The van der Waals surface area contributed by atoms with Crippen LogP contribution in [0.15, 0.2) is 30.3 Å². The van der Waals surface area contributed by atoms with E-state index in [1.807, 2.05) is 63.1 Å². The summed E-state index contributed by atoms with van der Waals surface area (Å²) >= 11 is 0. The molecule has 0 aliphatic rings. The maximum atomic E-state index is 12.0. The molecule has 4 N–H and O–H groups in total. The quantitative estimate of drug-likeness (QED) is 0.656. The van der Waals surface area contributed by atoms with Crippen LogP contribution in [0.1, 0.15) is 32.4 Å². The van der Waals surface area contributed by atoms with E-state index in [0.717, 1.165) is 5.56 Å². The van der Waals surface area contributed by atoms with Crippen molar-refractivity contribution in [2.45, 2.75) is 32.4 Å². The minimum absolute atomic E-state index is 0.202. The minimum atomic E-state index is -0.666. The predicted octanol–water partition coefficient (Wildman–Crippen LogP) is 1.26. The fourth-order valence-corrected chi connectivity index (χ4v) is 2.07. The van der Waals surface area contributed by atoms with Crippen molar-refractivity contribution in [2.24, 2.45) is 5.73 Å². The summed E-state index contributed by atoms with van der Waals surface area (Å²) in [5.74, 6) is -0.202. The second-order valence-corrected chi connectivity index (χ2v) is 6.91. The molecule has 25 heavy (non-hydrogen) atoms. The van der Waals surface area contributed by atoms with Crippen LogP contribution in [0.4, 0.5) is 4.79 Å². The number of ether oxygens (including phenoxy) is 1. The molecular weight excluding hydrogens is 320 g/mol. The van der Waals surface area contributed by atoms with E-state index >= 15 is 0 Å². The molecule has 7 heteroatoms. The van der Waals surface area contributed by atoms with Gasteiger partial charge in [0.15, 0.2) is 0 Å². The second-order valence-electron chi connectivity index (χ2n) is 6.91. The lowest BCUT2D eigenvalue weighted by Gasteiger charge is -2.21. The van der Waals surface area contributed by atoms with Crippen molar-refractivity contribution in [1.29, 1.82) is 0 Å². The number of nitrogens with two attached hydrogens (primary N) is 1. The van der Waals surface area contributed by atoms with Crippen molar-refractivity contribution in [3.63, 3.8) is 0 Å². The van der Waals surface area contributed by atoms with Crippen molar-refractivity contribution in [3.8, 4) is 0 Å². The van der Waals surface area contributed by atoms with Crippen molar-refractivity contribution < 1.29 is 14.3 Å². The lowest BCUT2D eigenvalue weighted by molar-refractivity contribution is -0.122. The number of carbonyl (C=O) groups is 2. The zero-order valence-corrected chi connectivity index (χ0v) is 15.5. The van der Waals surface area contributed by atoms with E-state index in [0.29, 0.717) is 26.2 Å². The first-order valence-corrected chi connectivity index (χ1v) is 8.42. The number of carbonyl (C=O) groups excluding carboxylic acids is 2. The van der Waals surface area contributed by atoms with Gasteiger partial charge in [-0.05, 0) is 33.4 Å². The summed E-state index contributed by atoms with van der Waals surface area (Å²) in [6, 6.07) is 8.59. The molecule has 0 aliphatic carbocycles. The number of benzene rings is 1. The Morgan fingerprint density at radius 2 is 1.68 bits per heavy atom. The van der Waals surface area contributed by atoms with Crippen LogP contribution in [0.2, 0.25) is 0 Å². The van der Waals surface area contributed by atoms with Crippen LogP contribution in [0.5, 0.6) is 0 Å². The van der Waals surface area contributed by atoms with Gasteiger partial charge in [-0.25, -0.2) is 4.79 Å². The molecule has 0 saturated carbocycles. The Labute approximate surface area is 149 Å². The molecule has 0 spiro atoms. The monoisotopic (exact) mass is 350 g/mol. The number of hydrogen-bond donors (Lipinski definition) is 3. The topological polar surface area (TPSA) is 96.7 Å². The maximum absolute atomic E-state index is 12.0. The smallest absolute Gasteiger partial charge is 0.407 e. The summed E-state index contributed by atoms with van der Waals surface area (Å²) in [7, 11) is 1.92. The highest BCUT2D eigenvalue weighted by molar-refractivity contribution is 5.82. The van der Waals surface area contributed by atoms with Crippen LogP contribution in [-0.4, -0.2) is 55.7 Å². The third kappa shape index (κ3) is 9.07. The molecule has 7 nitrogen and oxygen atoms in total. The van der Waals surface area contributed by atoms with Crippen molar-refractivity contribution in [3.05, 3.63) is 35.9 Å². The van der Waals surface area contributed by atoms with Gasteiger partial charge >= 0.3 is 6.09 Å². The largest absolute Gasteiger partial charge is 0.444 e. The molecule has 1 aromatic rings. The molecule has 2 amide bonds. The van der Waals surface area contributed by atoms with Gasteiger partial charge in [-0.1, -0.05) is 30.3 Å². The maximum Gasteiger partial charge on any atom is 0.407 e. The Bertz CT molecular complexity index is 543. The number of alkyl carbamates (subject to hydrolysis) is 1. The summed E-state index contributed by atoms with van der Waals surface area (Å²) < 4.78 is 5.16. The number of likely N-dealkylation sites (N-methyl/N-ethyl adjacent to an activating group) is 1. The van der Waals surface area contributed by atoms with E-state index in [1.165, 1.54) is 0 Å². The molecule has 1 rings (SSSR count). The average Bonchev–Trinajstić information content (AvgIpc) is 2.53. The molecular formula is C18H30N4O3. The van der Waals surface area contributed by atoms with Crippen molar-refractivity contribution in [1.82, 2.24) is 15.5 Å². The Morgan fingerprint density at radius 3 is 2.24 bits per heavy atom.